The average molecular weight is 256 g/mol. The van der Waals surface area contributed by atoms with Gasteiger partial charge in [0.2, 0.25) is 0 Å². The first kappa shape index (κ1) is 12.4. The van der Waals surface area contributed by atoms with E-state index in [0.29, 0.717) is 5.92 Å². The largest absolute Gasteiger partial charge is 0.378 e. The topological polar surface area (TPSA) is 41.0 Å². The molecule has 0 bridgehead atoms. The first-order chi connectivity index (χ1) is 9.25. The molecule has 1 aromatic heterocycles. The summed E-state index contributed by atoms with van der Waals surface area (Å²) in [7, 11) is 4.10. The van der Waals surface area contributed by atoms with Crippen LogP contribution in [0.5, 0.6) is 0 Å². The summed E-state index contributed by atoms with van der Waals surface area (Å²) in [6, 6.07) is 6.46. The number of aromatic nitrogens is 2. The smallest absolute Gasteiger partial charge is 0.116 e. The van der Waals surface area contributed by atoms with Crippen LogP contribution in [0.2, 0.25) is 0 Å². The van der Waals surface area contributed by atoms with Gasteiger partial charge >= 0.3 is 0 Å². The van der Waals surface area contributed by atoms with Gasteiger partial charge in [-0.1, -0.05) is 0 Å². The monoisotopic (exact) mass is 256 g/mol. The number of fused-ring (bicyclic) bond motifs is 1. The number of hydrogen-bond donors (Lipinski definition) is 1. The fraction of sp³-hybridized carbons (Fsp3) is 0.467. The van der Waals surface area contributed by atoms with E-state index in [1.165, 1.54) is 29.6 Å². The first-order valence-corrected chi connectivity index (χ1v) is 6.88. The van der Waals surface area contributed by atoms with Gasteiger partial charge in [0.25, 0.3) is 0 Å². The summed E-state index contributed by atoms with van der Waals surface area (Å²) in [5.74, 6) is 0.567. The molecule has 0 amide bonds. The van der Waals surface area contributed by atoms with Gasteiger partial charge in [0.15, 0.2) is 0 Å². The van der Waals surface area contributed by atoms with Gasteiger partial charge in [0, 0.05) is 31.1 Å². The second-order valence-corrected chi connectivity index (χ2v) is 5.38. The van der Waals surface area contributed by atoms with E-state index in [2.05, 4.69) is 52.5 Å². The van der Waals surface area contributed by atoms with Gasteiger partial charge in [-0.3, -0.25) is 0 Å². The van der Waals surface area contributed by atoms with Crippen LogP contribution in [-0.4, -0.2) is 37.2 Å². The SMILES string of the molecule is CN(C)c1ccc2c(C3CCNCC3)ncnc2c1. The van der Waals surface area contributed by atoms with Crippen LogP contribution in [-0.2, 0) is 0 Å². The quantitative estimate of drug-likeness (QED) is 0.894. The molecule has 1 fully saturated rings. The van der Waals surface area contributed by atoms with Crippen LogP contribution in [0.3, 0.4) is 0 Å². The number of hydrogen-bond acceptors (Lipinski definition) is 4. The summed E-state index contributed by atoms with van der Waals surface area (Å²) in [4.78, 5) is 11.1. The number of piperidine rings is 1. The molecule has 19 heavy (non-hydrogen) atoms. The zero-order valence-corrected chi connectivity index (χ0v) is 11.6. The minimum Gasteiger partial charge on any atom is -0.378 e. The van der Waals surface area contributed by atoms with E-state index in [-0.39, 0.29) is 0 Å². The molecular formula is C15H20N4. The van der Waals surface area contributed by atoms with Crippen LogP contribution in [0.15, 0.2) is 24.5 Å². The van der Waals surface area contributed by atoms with Crippen LogP contribution in [0, 0.1) is 0 Å². The second-order valence-electron chi connectivity index (χ2n) is 5.38. The van der Waals surface area contributed by atoms with Crippen molar-refractivity contribution >= 4 is 16.6 Å². The van der Waals surface area contributed by atoms with Gasteiger partial charge in [-0.25, -0.2) is 9.97 Å². The van der Waals surface area contributed by atoms with E-state index in [4.69, 9.17) is 0 Å². The molecule has 0 saturated carbocycles. The molecule has 4 heteroatoms. The minimum atomic E-state index is 0.567. The summed E-state index contributed by atoms with van der Waals surface area (Å²) >= 11 is 0. The summed E-state index contributed by atoms with van der Waals surface area (Å²) in [5.41, 5.74) is 3.45. The standard InChI is InChI=1S/C15H20N4/c1-19(2)12-3-4-13-14(9-12)17-10-18-15(13)11-5-7-16-8-6-11/h3-4,9-11,16H,5-8H2,1-2H3. The zero-order valence-electron chi connectivity index (χ0n) is 11.6. The predicted molar refractivity (Wildman–Crippen MR) is 78.7 cm³/mol. The number of rotatable bonds is 2. The molecule has 1 N–H and O–H groups in total. The lowest BCUT2D eigenvalue weighted by Gasteiger charge is -2.23. The molecule has 1 aliphatic heterocycles. The van der Waals surface area contributed by atoms with Gasteiger partial charge in [-0.05, 0) is 44.1 Å². The molecule has 1 aromatic carbocycles. The average Bonchev–Trinajstić information content (AvgIpc) is 2.47. The Morgan fingerprint density at radius 1 is 1.16 bits per heavy atom. The lowest BCUT2D eigenvalue weighted by Crippen LogP contribution is -2.27. The molecule has 0 atom stereocenters. The highest BCUT2D eigenvalue weighted by Crippen LogP contribution is 2.30. The molecule has 0 spiro atoms. The van der Waals surface area contributed by atoms with Gasteiger partial charge in [0.05, 0.1) is 11.2 Å². The maximum absolute atomic E-state index is 4.55. The number of anilines is 1. The zero-order chi connectivity index (χ0) is 13.2. The molecule has 2 aromatic rings. The van der Waals surface area contributed by atoms with E-state index in [1.54, 1.807) is 6.33 Å². The van der Waals surface area contributed by atoms with Crippen molar-refractivity contribution < 1.29 is 0 Å². The van der Waals surface area contributed by atoms with Crippen molar-refractivity contribution in [1.29, 1.82) is 0 Å². The molecule has 4 nitrogen and oxygen atoms in total. The Hall–Kier alpha value is -1.68. The number of nitrogens with one attached hydrogen (secondary N) is 1. The maximum atomic E-state index is 4.55. The van der Waals surface area contributed by atoms with Crippen molar-refractivity contribution in [3.8, 4) is 0 Å². The fourth-order valence-corrected chi connectivity index (χ4v) is 2.77. The van der Waals surface area contributed by atoms with Crippen LogP contribution in [0.1, 0.15) is 24.5 Å². The molecule has 1 saturated heterocycles. The van der Waals surface area contributed by atoms with Gasteiger partial charge in [0.1, 0.15) is 6.33 Å². The molecule has 100 valence electrons. The summed E-state index contributed by atoms with van der Waals surface area (Å²) in [5, 5.41) is 4.61. The summed E-state index contributed by atoms with van der Waals surface area (Å²) in [6.07, 6.45) is 4.04. The highest BCUT2D eigenvalue weighted by atomic mass is 15.1. The highest BCUT2D eigenvalue weighted by molar-refractivity contribution is 5.84. The van der Waals surface area contributed by atoms with Gasteiger partial charge in [-0.2, -0.15) is 0 Å². The van der Waals surface area contributed by atoms with Crippen molar-refractivity contribution in [1.82, 2.24) is 15.3 Å². The summed E-state index contributed by atoms with van der Waals surface area (Å²) in [6.45, 7) is 2.18. The van der Waals surface area contributed by atoms with Crippen molar-refractivity contribution in [2.45, 2.75) is 18.8 Å². The highest BCUT2D eigenvalue weighted by Gasteiger charge is 2.19. The van der Waals surface area contributed by atoms with E-state index in [9.17, 15) is 0 Å². The minimum absolute atomic E-state index is 0.567. The van der Waals surface area contributed by atoms with E-state index < -0.39 is 0 Å². The molecule has 0 radical (unpaired) electrons. The van der Waals surface area contributed by atoms with Gasteiger partial charge in [-0.15, -0.1) is 0 Å². The van der Waals surface area contributed by atoms with E-state index in [1.807, 2.05) is 0 Å². The number of benzene rings is 1. The third-order valence-electron chi connectivity index (χ3n) is 3.89. The second kappa shape index (κ2) is 5.13. The van der Waals surface area contributed by atoms with Crippen molar-refractivity contribution in [3.05, 3.63) is 30.2 Å². The molecule has 1 aliphatic rings. The van der Waals surface area contributed by atoms with Crippen molar-refractivity contribution in [2.75, 3.05) is 32.1 Å². The lowest BCUT2D eigenvalue weighted by molar-refractivity contribution is 0.455. The van der Waals surface area contributed by atoms with Crippen molar-refractivity contribution in [2.24, 2.45) is 0 Å². The maximum Gasteiger partial charge on any atom is 0.116 e. The lowest BCUT2D eigenvalue weighted by atomic mass is 9.92. The Bertz CT molecular complexity index is 573. The Labute approximate surface area is 113 Å². The Morgan fingerprint density at radius 3 is 2.68 bits per heavy atom. The van der Waals surface area contributed by atoms with Crippen molar-refractivity contribution in [3.63, 3.8) is 0 Å². The van der Waals surface area contributed by atoms with Crippen LogP contribution in [0.25, 0.3) is 10.9 Å². The van der Waals surface area contributed by atoms with E-state index in [0.717, 1.165) is 18.6 Å². The predicted octanol–water partition coefficient (Wildman–Crippen LogP) is 2.16. The van der Waals surface area contributed by atoms with Crippen LogP contribution < -0.4 is 10.2 Å². The number of nitrogens with zero attached hydrogens (tertiary/aromatic N) is 3. The third kappa shape index (κ3) is 2.40. The molecule has 0 aliphatic carbocycles. The molecule has 2 heterocycles. The van der Waals surface area contributed by atoms with E-state index >= 15 is 0 Å². The van der Waals surface area contributed by atoms with Crippen LogP contribution in [0.4, 0.5) is 5.69 Å². The third-order valence-corrected chi connectivity index (χ3v) is 3.89. The normalized spacial score (nSPS) is 16.7. The molecule has 0 unspecified atom stereocenters. The van der Waals surface area contributed by atoms with Gasteiger partial charge < -0.3 is 10.2 Å². The van der Waals surface area contributed by atoms with Crippen LogP contribution >= 0.6 is 0 Å². The Kier molecular flexibility index (Phi) is 3.34. The Morgan fingerprint density at radius 2 is 1.95 bits per heavy atom. The summed E-state index contributed by atoms with van der Waals surface area (Å²) < 4.78 is 0. The fourth-order valence-electron chi connectivity index (χ4n) is 2.77. The molecular weight excluding hydrogens is 236 g/mol. The first-order valence-electron chi connectivity index (χ1n) is 6.88. The Balaban J connectivity index is 2.05. The molecule has 3 rings (SSSR count).